The maximum atomic E-state index is 12.0. The van der Waals surface area contributed by atoms with Crippen molar-refractivity contribution >= 4 is 11.5 Å². The summed E-state index contributed by atoms with van der Waals surface area (Å²) in [4.78, 5) is 18.1. The van der Waals surface area contributed by atoms with Crippen molar-refractivity contribution in [1.29, 1.82) is 0 Å². The molecule has 0 bridgehead atoms. The second kappa shape index (κ2) is 3.95. The summed E-state index contributed by atoms with van der Waals surface area (Å²) < 4.78 is 0. The summed E-state index contributed by atoms with van der Waals surface area (Å²) in [6, 6.07) is 9.84. The molecule has 0 saturated heterocycles. The summed E-state index contributed by atoms with van der Waals surface area (Å²) >= 11 is 0. The van der Waals surface area contributed by atoms with Crippen LogP contribution in [0.15, 0.2) is 42.7 Å². The number of anilines is 1. The van der Waals surface area contributed by atoms with E-state index in [1.54, 1.807) is 6.20 Å². The van der Waals surface area contributed by atoms with Crippen LogP contribution in [0, 0.1) is 0 Å². The lowest BCUT2D eigenvalue weighted by Crippen LogP contribution is -2.28. The van der Waals surface area contributed by atoms with E-state index in [1.165, 1.54) is 0 Å². The van der Waals surface area contributed by atoms with E-state index in [2.05, 4.69) is 11.1 Å². The molecular formula is C15H14N2O. The second-order valence-corrected chi connectivity index (χ2v) is 4.62. The molecule has 1 aromatic heterocycles. The average Bonchev–Trinajstić information content (AvgIpc) is 2.65. The highest BCUT2D eigenvalue weighted by molar-refractivity contribution is 6.11. The Morgan fingerprint density at radius 2 is 2.06 bits per heavy atom. The van der Waals surface area contributed by atoms with E-state index in [0.717, 1.165) is 22.4 Å². The van der Waals surface area contributed by atoms with Crippen LogP contribution in [0.3, 0.4) is 0 Å². The Bertz CT molecular complexity index is 607. The van der Waals surface area contributed by atoms with Gasteiger partial charge in [0.25, 0.3) is 0 Å². The van der Waals surface area contributed by atoms with Crippen molar-refractivity contribution in [2.75, 3.05) is 11.9 Å². The van der Waals surface area contributed by atoms with Gasteiger partial charge in [-0.3, -0.25) is 9.78 Å². The Balaban J connectivity index is 2.11. The molecule has 0 spiro atoms. The number of pyridine rings is 1. The Labute approximate surface area is 106 Å². The molecular weight excluding hydrogens is 224 g/mol. The summed E-state index contributed by atoms with van der Waals surface area (Å²) in [5.74, 6) is 0.199. The molecule has 1 aromatic carbocycles. The summed E-state index contributed by atoms with van der Waals surface area (Å²) in [7, 11) is 1.96. The molecule has 0 N–H and O–H groups in total. The SMILES string of the molecule is CC1C(=O)c2ccc(-c3cccnc3)cc2N1C. The lowest BCUT2D eigenvalue weighted by molar-refractivity contribution is 0.0978. The van der Waals surface area contributed by atoms with Crippen LogP contribution in [0.4, 0.5) is 5.69 Å². The van der Waals surface area contributed by atoms with Gasteiger partial charge in [0, 0.05) is 36.3 Å². The second-order valence-electron chi connectivity index (χ2n) is 4.62. The van der Waals surface area contributed by atoms with Crippen molar-refractivity contribution in [1.82, 2.24) is 4.98 Å². The number of hydrogen-bond acceptors (Lipinski definition) is 3. The number of nitrogens with zero attached hydrogens (tertiary/aromatic N) is 2. The lowest BCUT2D eigenvalue weighted by Gasteiger charge is -2.17. The maximum absolute atomic E-state index is 12.0. The van der Waals surface area contributed by atoms with E-state index in [-0.39, 0.29) is 11.8 Å². The smallest absolute Gasteiger partial charge is 0.186 e. The number of likely N-dealkylation sites (N-methyl/N-ethyl adjacent to an activating group) is 1. The van der Waals surface area contributed by atoms with Gasteiger partial charge in [0.15, 0.2) is 5.78 Å². The normalized spacial score (nSPS) is 18.0. The Morgan fingerprint density at radius 3 is 2.78 bits per heavy atom. The molecule has 0 aliphatic carbocycles. The number of benzene rings is 1. The summed E-state index contributed by atoms with van der Waals surface area (Å²) in [6.45, 7) is 1.94. The monoisotopic (exact) mass is 238 g/mol. The van der Waals surface area contributed by atoms with Gasteiger partial charge in [-0.2, -0.15) is 0 Å². The van der Waals surface area contributed by atoms with Crippen LogP contribution in [0.5, 0.6) is 0 Å². The zero-order chi connectivity index (χ0) is 12.7. The van der Waals surface area contributed by atoms with E-state index in [4.69, 9.17) is 0 Å². The highest BCUT2D eigenvalue weighted by Crippen LogP contribution is 2.34. The van der Waals surface area contributed by atoms with Crippen molar-refractivity contribution in [3.05, 3.63) is 48.3 Å². The van der Waals surface area contributed by atoms with E-state index in [9.17, 15) is 4.79 Å². The molecule has 3 heteroatoms. The average molecular weight is 238 g/mol. The number of rotatable bonds is 1. The topological polar surface area (TPSA) is 33.2 Å². The third-order valence-electron chi connectivity index (χ3n) is 3.60. The van der Waals surface area contributed by atoms with Crippen molar-refractivity contribution in [2.24, 2.45) is 0 Å². The minimum absolute atomic E-state index is 0.0656. The fraction of sp³-hybridized carbons (Fsp3) is 0.200. The van der Waals surface area contributed by atoms with Gasteiger partial charge in [-0.05, 0) is 30.7 Å². The number of hydrogen-bond donors (Lipinski definition) is 0. The highest BCUT2D eigenvalue weighted by Gasteiger charge is 2.31. The first-order valence-corrected chi connectivity index (χ1v) is 6.00. The lowest BCUT2D eigenvalue weighted by atomic mass is 10.0. The fourth-order valence-corrected chi connectivity index (χ4v) is 2.35. The van der Waals surface area contributed by atoms with Gasteiger partial charge in [-0.25, -0.2) is 0 Å². The van der Waals surface area contributed by atoms with Crippen LogP contribution in [0.1, 0.15) is 17.3 Å². The molecule has 2 aromatic rings. The number of aromatic nitrogens is 1. The van der Waals surface area contributed by atoms with E-state index in [1.807, 2.05) is 49.3 Å². The Morgan fingerprint density at radius 1 is 1.22 bits per heavy atom. The van der Waals surface area contributed by atoms with E-state index in [0.29, 0.717) is 0 Å². The fourth-order valence-electron chi connectivity index (χ4n) is 2.35. The largest absolute Gasteiger partial charge is 0.364 e. The Kier molecular flexibility index (Phi) is 2.40. The summed E-state index contributed by atoms with van der Waals surface area (Å²) in [5, 5.41) is 0. The zero-order valence-electron chi connectivity index (χ0n) is 10.4. The van der Waals surface area contributed by atoms with Crippen molar-refractivity contribution in [3.8, 4) is 11.1 Å². The molecule has 90 valence electrons. The molecule has 1 atom stereocenters. The first kappa shape index (κ1) is 11.0. The number of fused-ring (bicyclic) bond motifs is 1. The first-order chi connectivity index (χ1) is 8.68. The van der Waals surface area contributed by atoms with Crippen LogP contribution in [0.2, 0.25) is 0 Å². The van der Waals surface area contributed by atoms with E-state index < -0.39 is 0 Å². The number of carbonyl (C=O) groups is 1. The van der Waals surface area contributed by atoms with Crippen LogP contribution in [-0.4, -0.2) is 23.9 Å². The Hall–Kier alpha value is -2.16. The quantitative estimate of drug-likeness (QED) is 0.766. The molecule has 3 rings (SSSR count). The highest BCUT2D eigenvalue weighted by atomic mass is 16.1. The van der Waals surface area contributed by atoms with Crippen molar-refractivity contribution in [3.63, 3.8) is 0 Å². The van der Waals surface area contributed by atoms with Gasteiger partial charge in [0.05, 0.1) is 6.04 Å². The van der Waals surface area contributed by atoms with Crippen molar-refractivity contribution < 1.29 is 4.79 Å². The van der Waals surface area contributed by atoms with Gasteiger partial charge < -0.3 is 4.90 Å². The molecule has 2 heterocycles. The molecule has 0 amide bonds. The first-order valence-electron chi connectivity index (χ1n) is 6.00. The molecule has 0 fully saturated rings. The van der Waals surface area contributed by atoms with Gasteiger partial charge in [0.1, 0.15) is 0 Å². The van der Waals surface area contributed by atoms with Crippen LogP contribution >= 0.6 is 0 Å². The predicted molar refractivity (Wildman–Crippen MR) is 71.9 cm³/mol. The van der Waals surface area contributed by atoms with Crippen LogP contribution < -0.4 is 4.90 Å². The maximum Gasteiger partial charge on any atom is 0.186 e. The molecule has 3 nitrogen and oxygen atoms in total. The zero-order valence-corrected chi connectivity index (χ0v) is 10.4. The van der Waals surface area contributed by atoms with Gasteiger partial charge in [-0.1, -0.05) is 12.1 Å². The number of carbonyl (C=O) groups excluding carboxylic acids is 1. The summed E-state index contributed by atoms with van der Waals surface area (Å²) in [6.07, 6.45) is 3.59. The van der Waals surface area contributed by atoms with Crippen molar-refractivity contribution in [2.45, 2.75) is 13.0 Å². The molecule has 1 aliphatic rings. The van der Waals surface area contributed by atoms with Crippen LogP contribution in [-0.2, 0) is 0 Å². The standard InChI is InChI=1S/C15H14N2O/c1-10-15(18)13-6-5-11(8-14(13)17(10)2)12-4-3-7-16-9-12/h3-10H,1-2H3. The van der Waals surface area contributed by atoms with Gasteiger partial charge >= 0.3 is 0 Å². The molecule has 0 radical (unpaired) electrons. The molecule has 18 heavy (non-hydrogen) atoms. The summed E-state index contributed by atoms with van der Waals surface area (Å²) in [5.41, 5.74) is 3.99. The third-order valence-corrected chi connectivity index (χ3v) is 3.60. The van der Waals surface area contributed by atoms with Crippen LogP contribution in [0.25, 0.3) is 11.1 Å². The van der Waals surface area contributed by atoms with Gasteiger partial charge in [0.2, 0.25) is 0 Å². The van der Waals surface area contributed by atoms with E-state index >= 15 is 0 Å². The third kappa shape index (κ3) is 1.51. The molecule has 1 unspecified atom stereocenters. The minimum atomic E-state index is -0.0656. The van der Waals surface area contributed by atoms with Gasteiger partial charge in [-0.15, -0.1) is 0 Å². The predicted octanol–water partition coefficient (Wildman–Crippen LogP) is 2.77. The molecule has 0 saturated carbocycles. The number of ketones is 1. The minimum Gasteiger partial charge on any atom is -0.364 e. The molecule has 1 aliphatic heterocycles. The number of Topliss-reactive ketones (excluding diaryl/α,β-unsaturated/α-hetero) is 1.